The van der Waals surface area contributed by atoms with Crippen LogP contribution in [0.5, 0.6) is 0 Å². The topological polar surface area (TPSA) is 17.8 Å². The van der Waals surface area contributed by atoms with Gasteiger partial charge in [0.05, 0.1) is 16.6 Å². The standard InChI is InChI=1S/C16H9F7N2/c17-14(18,10-5-7-11(8-6-10)15(19,20)21)16(22,23)25-9-24-12-3-1-2-4-13(12)25/h1-9H. The SMILES string of the molecule is FC(F)(F)c1ccc(C(F)(F)C(F)(F)n2cnc3ccccc32)cc1. The number of aromatic nitrogens is 2. The highest BCUT2D eigenvalue weighted by Gasteiger charge is 2.59. The summed E-state index contributed by atoms with van der Waals surface area (Å²) in [5, 5.41) is 0. The Morgan fingerprint density at radius 1 is 0.720 bits per heavy atom. The molecule has 0 radical (unpaired) electrons. The van der Waals surface area contributed by atoms with Gasteiger partial charge in [-0.15, -0.1) is 0 Å². The highest BCUT2D eigenvalue weighted by molar-refractivity contribution is 5.75. The molecule has 0 saturated carbocycles. The van der Waals surface area contributed by atoms with E-state index in [0.29, 0.717) is 30.6 Å². The minimum absolute atomic E-state index is 0.0139. The first-order valence-corrected chi connectivity index (χ1v) is 6.91. The van der Waals surface area contributed by atoms with Crippen molar-refractivity contribution in [1.29, 1.82) is 0 Å². The maximum absolute atomic E-state index is 14.5. The van der Waals surface area contributed by atoms with Gasteiger partial charge in [0.15, 0.2) is 0 Å². The molecule has 0 bridgehead atoms. The van der Waals surface area contributed by atoms with Gasteiger partial charge >= 0.3 is 18.1 Å². The third-order valence-corrected chi connectivity index (χ3v) is 3.71. The normalized spacial score (nSPS) is 13.4. The Balaban J connectivity index is 2.06. The molecule has 1 aromatic heterocycles. The van der Waals surface area contributed by atoms with Gasteiger partial charge in [-0.1, -0.05) is 24.3 Å². The van der Waals surface area contributed by atoms with E-state index in [-0.39, 0.29) is 15.6 Å². The van der Waals surface area contributed by atoms with Crippen molar-refractivity contribution in [3.05, 3.63) is 66.0 Å². The van der Waals surface area contributed by atoms with Crippen LogP contribution in [0.15, 0.2) is 54.9 Å². The highest BCUT2D eigenvalue weighted by Crippen LogP contribution is 2.47. The second-order valence-corrected chi connectivity index (χ2v) is 5.29. The molecule has 0 fully saturated rings. The van der Waals surface area contributed by atoms with Crippen LogP contribution in [0.4, 0.5) is 30.7 Å². The number of halogens is 7. The zero-order valence-electron chi connectivity index (χ0n) is 12.2. The molecular formula is C16H9F7N2. The number of hydrogen-bond acceptors (Lipinski definition) is 1. The van der Waals surface area contributed by atoms with Crippen molar-refractivity contribution in [2.45, 2.75) is 18.1 Å². The fraction of sp³-hybridized carbons (Fsp3) is 0.188. The minimum Gasteiger partial charge on any atom is -0.265 e. The zero-order chi connectivity index (χ0) is 18.5. The van der Waals surface area contributed by atoms with E-state index in [2.05, 4.69) is 4.98 Å². The van der Waals surface area contributed by atoms with Crippen LogP contribution in [0.25, 0.3) is 11.0 Å². The lowest BCUT2D eigenvalue weighted by Gasteiger charge is -2.28. The first-order chi connectivity index (χ1) is 11.5. The van der Waals surface area contributed by atoms with Crippen molar-refractivity contribution in [2.24, 2.45) is 0 Å². The molecule has 3 rings (SSSR count). The number of alkyl halides is 7. The van der Waals surface area contributed by atoms with Gasteiger partial charge in [0.1, 0.15) is 6.33 Å². The number of imidazole rings is 1. The van der Waals surface area contributed by atoms with Gasteiger partial charge in [0.25, 0.3) is 0 Å². The lowest BCUT2D eigenvalue weighted by atomic mass is 10.0. The molecule has 0 spiro atoms. The summed E-state index contributed by atoms with van der Waals surface area (Å²) < 4.78 is 95.2. The van der Waals surface area contributed by atoms with Gasteiger partial charge in [-0.2, -0.15) is 30.7 Å². The van der Waals surface area contributed by atoms with Crippen LogP contribution in [0.3, 0.4) is 0 Å². The molecule has 0 amide bonds. The summed E-state index contributed by atoms with van der Waals surface area (Å²) in [6, 6.07) is 2.08. The fourth-order valence-electron chi connectivity index (χ4n) is 2.38. The van der Waals surface area contributed by atoms with Crippen LogP contribution >= 0.6 is 0 Å². The van der Waals surface area contributed by atoms with Crippen LogP contribution in [0, 0.1) is 0 Å². The van der Waals surface area contributed by atoms with E-state index in [1.54, 1.807) is 0 Å². The molecule has 25 heavy (non-hydrogen) atoms. The van der Waals surface area contributed by atoms with Gasteiger partial charge in [0.2, 0.25) is 0 Å². The van der Waals surface area contributed by atoms with Crippen LogP contribution < -0.4 is 0 Å². The Morgan fingerprint density at radius 2 is 1.28 bits per heavy atom. The largest absolute Gasteiger partial charge is 0.416 e. The van der Waals surface area contributed by atoms with Gasteiger partial charge in [-0.25, -0.2) is 4.98 Å². The monoisotopic (exact) mass is 362 g/mol. The molecule has 0 aliphatic rings. The summed E-state index contributed by atoms with van der Waals surface area (Å²) in [5.74, 6) is -4.75. The van der Waals surface area contributed by atoms with E-state index in [1.165, 1.54) is 24.3 Å². The van der Waals surface area contributed by atoms with Crippen molar-refractivity contribution in [1.82, 2.24) is 9.55 Å². The van der Waals surface area contributed by atoms with Crippen LogP contribution in [-0.2, 0) is 18.1 Å². The maximum Gasteiger partial charge on any atom is 0.416 e. The van der Waals surface area contributed by atoms with Crippen LogP contribution in [0.1, 0.15) is 11.1 Å². The Kier molecular flexibility index (Phi) is 3.77. The van der Waals surface area contributed by atoms with Crippen molar-refractivity contribution in [3.63, 3.8) is 0 Å². The molecular weight excluding hydrogens is 353 g/mol. The van der Waals surface area contributed by atoms with E-state index in [1.807, 2.05) is 0 Å². The van der Waals surface area contributed by atoms with Gasteiger partial charge in [-0.3, -0.25) is 4.57 Å². The lowest BCUT2D eigenvalue weighted by molar-refractivity contribution is -0.266. The molecule has 0 atom stereocenters. The second kappa shape index (κ2) is 5.47. The third-order valence-electron chi connectivity index (χ3n) is 3.71. The number of para-hydroxylation sites is 2. The molecule has 0 aliphatic heterocycles. The molecule has 0 unspecified atom stereocenters. The number of nitrogens with zero attached hydrogens (tertiary/aromatic N) is 2. The maximum atomic E-state index is 14.5. The molecule has 2 nitrogen and oxygen atoms in total. The minimum atomic E-state index is -4.75. The van der Waals surface area contributed by atoms with Gasteiger partial charge in [0, 0.05) is 5.56 Å². The molecule has 0 aliphatic carbocycles. The number of fused-ring (bicyclic) bond motifs is 1. The van der Waals surface area contributed by atoms with Crippen LogP contribution in [-0.4, -0.2) is 9.55 Å². The predicted octanol–water partition coefficient (Wildman–Crippen LogP) is 5.40. The second-order valence-electron chi connectivity index (χ2n) is 5.29. The molecule has 0 saturated heterocycles. The quantitative estimate of drug-likeness (QED) is 0.571. The Morgan fingerprint density at radius 3 is 1.88 bits per heavy atom. The fourth-order valence-corrected chi connectivity index (χ4v) is 2.38. The summed E-state index contributed by atoms with van der Waals surface area (Å²) in [7, 11) is 0. The molecule has 9 heteroatoms. The molecule has 2 aromatic carbocycles. The average molecular weight is 362 g/mol. The average Bonchev–Trinajstić information content (AvgIpc) is 2.98. The van der Waals surface area contributed by atoms with E-state index in [0.717, 1.165) is 0 Å². The molecule has 3 aromatic rings. The number of hydrogen-bond donors (Lipinski definition) is 0. The van der Waals surface area contributed by atoms with Gasteiger partial charge < -0.3 is 0 Å². The van der Waals surface area contributed by atoms with E-state index in [9.17, 15) is 30.7 Å². The predicted molar refractivity (Wildman–Crippen MR) is 75.3 cm³/mol. The van der Waals surface area contributed by atoms with Crippen molar-refractivity contribution >= 4 is 11.0 Å². The summed E-state index contributed by atoms with van der Waals surface area (Å²) in [5.41, 5.74) is -2.57. The third kappa shape index (κ3) is 2.73. The van der Waals surface area contributed by atoms with Crippen molar-refractivity contribution in [2.75, 3.05) is 0 Å². The summed E-state index contributed by atoms with van der Waals surface area (Å²) in [4.78, 5) is 3.64. The first kappa shape index (κ1) is 17.2. The smallest absolute Gasteiger partial charge is 0.265 e. The summed E-state index contributed by atoms with van der Waals surface area (Å²) in [6.45, 7) is 0. The lowest BCUT2D eigenvalue weighted by Crippen LogP contribution is -2.40. The van der Waals surface area contributed by atoms with E-state index >= 15 is 0 Å². The number of rotatable bonds is 3. The Bertz CT molecular complexity index is 895. The number of benzene rings is 2. The zero-order valence-corrected chi connectivity index (χ0v) is 12.2. The van der Waals surface area contributed by atoms with E-state index in [4.69, 9.17) is 0 Å². The molecule has 1 heterocycles. The highest BCUT2D eigenvalue weighted by atomic mass is 19.4. The Hall–Kier alpha value is -2.58. The van der Waals surface area contributed by atoms with Crippen molar-refractivity contribution in [3.8, 4) is 0 Å². The van der Waals surface area contributed by atoms with Crippen LogP contribution in [0.2, 0.25) is 0 Å². The van der Waals surface area contributed by atoms with E-state index < -0.39 is 29.3 Å². The first-order valence-electron chi connectivity index (χ1n) is 6.91. The Labute approximate surface area is 136 Å². The van der Waals surface area contributed by atoms with Crippen molar-refractivity contribution < 1.29 is 30.7 Å². The summed E-state index contributed by atoms with van der Waals surface area (Å²) >= 11 is 0. The van der Waals surface area contributed by atoms with Gasteiger partial charge in [-0.05, 0) is 24.3 Å². The molecule has 0 N–H and O–H groups in total. The summed E-state index contributed by atoms with van der Waals surface area (Å²) in [6.07, 6.45) is -4.18. The molecule has 132 valence electrons.